The summed E-state index contributed by atoms with van der Waals surface area (Å²) in [6, 6.07) is 28.9. The Bertz CT molecular complexity index is 1200. The largest absolute Gasteiger partial charge is 0.489 e. The standard InChI is InChI=1S/C29H24Br4O4/c30-23-15-21(16-24(31)27(23)36-13-11-34)29(19-7-3-1-4-8-19,20-9-5-2-6-10-20)22-17-25(32)28(26(33)18-22)37-14-12-35/h1-10,15-18,34-35H,11-14H2. The van der Waals surface area contributed by atoms with Crippen LogP contribution < -0.4 is 9.47 Å². The molecule has 0 saturated heterocycles. The maximum Gasteiger partial charge on any atom is 0.147 e. The summed E-state index contributed by atoms with van der Waals surface area (Å²) in [4.78, 5) is 0. The highest BCUT2D eigenvalue weighted by molar-refractivity contribution is 9.11. The van der Waals surface area contributed by atoms with Gasteiger partial charge < -0.3 is 19.7 Å². The van der Waals surface area contributed by atoms with Crippen molar-refractivity contribution in [3.05, 3.63) is 125 Å². The molecule has 0 aliphatic heterocycles. The van der Waals surface area contributed by atoms with Crippen LogP contribution in [0.3, 0.4) is 0 Å². The van der Waals surface area contributed by atoms with Gasteiger partial charge in [0.05, 0.1) is 36.5 Å². The maximum atomic E-state index is 9.28. The third-order valence-electron chi connectivity index (χ3n) is 5.95. The quantitative estimate of drug-likeness (QED) is 0.162. The Morgan fingerprint density at radius 1 is 0.514 bits per heavy atom. The molecule has 0 fully saturated rings. The number of rotatable bonds is 10. The molecule has 0 bridgehead atoms. The van der Waals surface area contributed by atoms with Crippen LogP contribution in [0.5, 0.6) is 11.5 Å². The maximum absolute atomic E-state index is 9.28. The minimum absolute atomic E-state index is 0.0780. The zero-order valence-electron chi connectivity index (χ0n) is 19.6. The van der Waals surface area contributed by atoms with Crippen molar-refractivity contribution in [1.29, 1.82) is 0 Å². The zero-order chi connectivity index (χ0) is 26.4. The van der Waals surface area contributed by atoms with Crippen LogP contribution in [-0.2, 0) is 5.41 Å². The van der Waals surface area contributed by atoms with Crippen molar-refractivity contribution in [3.63, 3.8) is 0 Å². The smallest absolute Gasteiger partial charge is 0.147 e. The highest BCUT2D eigenvalue weighted by atomic mass is 79.9. The summed E-state index contributed by atoms with van der Waals surface area (Å²) in [5.74, 6) is 1.26. The number of ether oxygens (including phenoxy) is 2. The molecule has 0 heterocycles. The number of aliphatic hydroxyl groups excluding tert-OH is 2. The first-order valence-electron chi connectivity index (χ1n) is 11.5. The molecular weight excluding hydrogens is 732 g/mol. The van der Waals surface area contributed by atoms with E-state index in [1.54, 1.807) is 0 Å². The molecule has 4 aromatic carbocycles. The molecule has 4 aromatic rings. The van der Waals surface area contributed by atoms with E-state index in [0.717, 1.165) is 40.1 Å². The molecule has 0 atom stereocenters. The number of hydrogen-bond donors (Lipinski definition) is 2. The molecule has 0 spiro atoms. The molecule has 0 saturated carbocycles. The van der Waals surface area contributed by atoms with Crippen molar-refractivity contribution >= 4 is 63.7 Å². The Labute approximate surface area is 250 Å². The number of benzene rings is 4. The van der Waals surface area contributed by atoms with Gasteiger partial charge in [0.1, 0.15) is 24.7 Å². The average Bonchev–Trinajstić information content (AvgIpc) is 2.90. The number of hydrogen-bond acceptors (Lipinski definition) is 4. The molecule has 0 radical (unpaired) electrons. The molecular formula is C29H24Br4O4. The molecule has 2 N–H and O–H groups in total. The predicted molar refractivity (Wildman–Crippen MR) is 161 cm³/mol. The van der Waals surface area contributed by atoms with Gasteiger partial charge in [-0.1, -0.05) is 60.7 Å². The first kappa shape index (κ1) is 28.3. The van der Waals surface area contributed by atoms with Gasteiger partial charge in [0.15, 0.2) is 0 Å². The first-order valence-corrected chi connectivity index (χ1v) is 14.7. The number of aliphatic hydroxyl groups is 2. The van der Waals surface area contributed by atoms with Crippen LogP contribution in [-0.4, -0.2) is 36.6 Å². The van der Waals surface area contributed by atoms with E-state index in [9.17, 15) is 10.2 Å². The van der Waals surface area contributed by atoms with E-state index in [1.807, 2.05) is 36.4 Å². The van der Waals surface area contributed by atoms with Crippen LogP contribution in [0, 0.1) is 0 Å². The van der Waals surface area contributed by atoms with Gasteiger partial charge in [0.2, 0.25) is 0 Å². The van der Waals surface area contributed by atoms with Crippen LogP contribution in [0.15, 0.2) is 103 Å². The van der Waals surface area contributed by atoms with Gasteiger partial charge in [-0.05, 0) is 110 Å². The number of halogens is 4. The molecule has 0 amide bonds. The van der Waals surface area contributed by atoms with Gasteiger partial charge in [0.25, 0.3) is 0 Å². The Morgan fingerprint density at radius 2 is 0.838 bits per heavy atom. The van der Waals surface area contributed by atoms with Crippen molar-refractivity contribution in [2.45, 2.75) is 5.41 Å². The van der Waals surface area contributed by atoms with Gasteiger partial charge in [-0.25, -0.2) is 0 Å². The molecule has 0 unspecified atom stereocenters. The summed E-state index contributed by atoms with van der Waals surface area (Å²) in [7, 11) is 0. The van der Waals surface area contributed by atoms with E-state index in [0.29, 0.717) is 11.5 Å². The Morgan fingerprint density at radius 3 is 1.14 bits per heavy atom. The van der Waals surface area contributed by atoms with Crippen LogP contribution >= 0.6 is 63.7 Å². The highest BCUT2D eigenvalue weighted by Gasteiger charge is 2.40. The monoisotopic (exact) mass is 752 g/mol. The second-order valence-corrected chi connectivity index (χ2v) is 11.6. The minimum Gasteiger partial charge on any atom is -0.489 e. The Balaban J connectivity index is 2.08. The molecule has 4 rings (SSSR count). The fraction of sp³-hybridized carbons (Fsp3) is 0.172. The van der Waals surface area contributed by atoms with Crippen LogP contribution in [0.4, 0.5) is 0 Å². The molecule has 0 aliphatic rings. The predicted octanol–water partition coefficient (Wildman–Crippen LogP) is 7.86. The summed E-state index contributed by atoms with van der Waals surface area (Å²) < 4.78 is 14.7. The van der Waals surface area contributed by atoms with Crippen LogP contribution in [0.25, 0.3) is 0 Å². The zero-order valence-corrected chi connectivity index (χ0v) is 26.0. The first-order chi connectivity index (χ1) is 17.9. The molecule has 37 heavy (non-hydrogen) atoms. The van der Waals surface area contributed by atoms with Gasteiger partial charge in [-0.3, -0.25) is 0 Å². The van der Waals surface area contributed by atoms with Crippen LogP contribution in [0.2, 0.25) is 0 Å². The van der Waals surface area contributed by atoms with E-state index in [1.165, 1.54) is 0 Å². The van der Waals surface area contributed by atoms with Gasteiger partial charge in [-0.15, -0.1) is 0 Å². The second kappa shape index (κ2) is 12.9. The second-order valence-electron chi connectivity index (χ2n) is 8.16. The minimum atomic E-state index is -0.719. The lowest BCUT2D eigenvalue weighted by Crippen LogP contribution is -2.31. The van der Waals surface area contributed by atoms with E-state index >= 15 is 0 Å². The lowest BCUT2D eigenvalue weighted by atomic mass is 9.65. The van der Waals surface area contributed by atoms with Crippen molar-refractivity contribution in [1.82, 2.24) is 0 Å². The summed E-state index contributed by atoms with van der Waals surface area (Å²) in [5.41, 5.74) is 3.44. The normalized spacial score (nSPS) is 11.4. The van der Waals surface area contributed by atoms with E-state index < -0.39 is 5.41 Å². The van der Waals surface area contributed by atoms with Crippen molar-refractivity contribution < 1.29 is 19.7 Å². The van der Waals surface area contributed by atoms with Gasteiger partial charge in [-0.2, -0.15) is 0 Å². The fourth-order valence-electron chi connectivity index (χ4n) is 4.50. The van der Waals surface area contributed by atoms with Crippen molar-refractivity contribution in [2.75, 3.05) is 26.4 Å². The Hall–Kier alpha value is -1.68. The molecule has 0 aromatic heterocycles. The Kier molecular flexibility index (Phi) is 9.89. The topological polar surface area (TPSA) is 58.9 Å². The van der Waals surface area contributed by atoms with Gasteiger partial charge >= 0.3 is 0 Å². The van der Waals surface area contributed by atoms with Crippen LogP contribution in [0.1, 0.15) is 22.3 Å². The summed E-state index contributed by atoms with van der Waals surface area (Å²) in [5, 5.41) is 18.6. The lowest BCUT2D eigenvalue weighted by molar-refractivity contribution is 0.200. The van der Waals surface area contributed by atoms with Crippen molar-refractivity contribution in [2.24, 2.45) is 0 Å². The summed E-state index contributed by atoms with van der Waals surface area (Å²) in [6.07, 6.45) is 0. The molecule has 8 heteroatoms. The van der Waals surface area contributed by atoms with E-state index in [4.69, 9.17) is 9.47 Å². The highest BCUT2D eigenvalue weighted by Crippen LogP contribution is 2.50. The molecule has 4 nitrogen and oxygen atoms in total. The van der Waals surface area contributed by atoms with Gasteiger partial charge in [0, 0.05) is 0 Å². The molecule has 192 valence electrons. The lowest BCUT2D eigenvalue weighted by Gasteiger charge is -2.37. The summed E-state index contributed by atoms with van der Waals surface area (Å²) >= 11 is 14.8. The third kappa shape index (κ3) is 5.84. The average molecular weight is 756 g/mol. The third-order valence-corrected chi connectivity index (χ3v) is 8.31. The SMILES string of the molecule is OCCOc1c(Br)cc(C(c2ccccc2)(c2ccccc2)c2cc(Br)c(OCCO)c(Br)c2)cc1Br. The summed E-state index contributed by atoms with van der Waals surface area (Å²) in [6.45, 7) is 0.221. The van der Waals surface area contributed by atoms with E-state index in [-0.39, 0.29) is 26.4 Å². The van der Waals surface area contributed by atoms with E-state index in [2.05, 4.69) is 112 Å². The fourth-order valence-corrected chi connectivity index (χ4v) is 7.33. The van der Waals surface area contributed by atoms with Crippen molar-refractivity contribution in [3.8, 4) is 11.5 Å². The molecule has 0 aliphatic carbocycles.